The summed E-state index contributed by atoms with van der Waals surface area (Å²) in [7, 11) is 1.55. The van der Waals surface area contributed by atoms with Crippen molar-refractivity contribution in [2.24, 2.45) is 0 Å². The van der Waals surface area contributed by atoms with E-state index in [9.17, 15) is 9.59 Å². The van der Waals surface area contributed by atoms with Crippen LogP contribution in [-0.4, -0.2) is 34.4 Å². The van der Waals surface area contributed by atoms with Crippen molar-refractivity contribution in [1.82, 2.24) is 9.38 Å². The Labute approximate surface area is 138 Å². The zero-order valence-corrected chi connectivity index (χ0v) is 13.3. The first-order valence-electron chi connectivity index (χ1n) is 7.41. The van der Waals surface area contributed by atoms with E-state index < -0.39 is 12.1 Å². The molecule has 6 nitrogen and oxygen atoms in total. The van der Waals surface area contributed by atoms with Gasteiger partial charge in [-0.3, -0.25) is 4.79 Å². The highest BCUT2D eigenvalue weighted by Gasteiger charge is 2.22. The van der Waals surface area contributed by atoms with Crippen LogP contribution in [0.3, 0.4) is 0 Å². The van der Waals surface area contributed by atoms with Crippen molar-refractivity contribution >= 4 is 17.4 Å². The molecule has 2 aromatic heterocycles. The number of fused-ring (bicyclic) bond motifs is 1. The van der Waals surface area contributed by atoms with E-state index in [-0.39, 0.29) is 11.5 Å². The molecule has 3 aromatic rings. The molecule has 0 amide bonds. The maximum absolute atomic E-state index is 12.3. The number of carbonyl (C=O) groups excluding carboxylic acids is 2. The first-order chi connectivity index (χ1) is 11.6. The molecule has 0 N–H and O–H groups in total. The Morgan fingerprint density at radius 1 is 1.12 bits per heavy atom. The van der Waals surface area contributed by atoms with Gasteiger partial charge in [-0.1, -0.05) is 6.07 Å². The highest BCUT2D eigenvalue weighted by molar-refractivity contribution is 6.01. The van der Waals surface area contributed by atoms with Crippen molar-refractivity contribution in [3.63, 3.8) is 0 Å². The van der Waals surface area contributed by atoms with Crippen molar-refractivity contribution < 1.29 is 19.1 Å². The third-order valence-electron chi connectivity index (χ3n) is 3.60. The predicted octanol–water partition coefficient (Wildman–Crippen LogP) is 2.77. The third kappa shape index (κ3) is 3.12. The number of carbonyl (C=O) groups is 2. The fourth-order valence-electron chi connectivity index (χ4n) is 2.30. The number of rotatable bonds is 5. The fourth-order valence-corrected chi connectivity index (χ4v) is 2.30. The van der Waals surface area contributed by atoms with E-state index in [1.807, 2.05) is 12.1 Å². The van der Waals surface area contributed by atoms with Gasteiger partial charge in [-0.25, -0.2) is 9.78 Å². The number of ether oxygens (including phenoxy) is 2. The third-order valence-corrected chi connectivity index (χ3v) is 3.60. The van der Waals surface area contributed by atoms with E-state index in [0.29, 0.717) is 17.0 Å². The summed E-state index contributed by atoms with van der Waals surface area (Å²) < 4.78 is 12.0. The second-order valence-corrected chi connectivity index (χ2v) is 5.23. The first-order valence-corrected chi connectivity index (χ1v) is 7.41. The van der Waals surface area contributed by atoms with E-state index in [1.165, 1.54) is 0 Å². The summed E-state index contributed by atoms with van der Waals surface area (Å²) in [5.74, 6) is -0.260. The van der Waals surface area contributed by atoms with Crippen molar-refractivity contribution in [2.45, 2.75) is 13.0 Å². The molecule has 3 rings (SSSR count). The highest BCUT2D eigenvalue weighted by atomic mass is 16.5. The van der Waals surface area contributed by atoms with E-state index in [2.05, 4.69) is 4.98 Å². The minimum absolute atomic E-state index is 0.163. The summed E-state index contributed by atoms with van der Waals surface area (Å²) in [5, 5.41) is 0. The van der Waals surface area contributed by atoms with Gasteiger partial charge in [0, 0.05) is 18.0 Å². The monoisotopic (exact) mass is 324 g/mol. The standard InChI is InChI=1S/C18H16N2O4/c1-12(17(21)13-6-8-14(23-2)9-7-13)24-18(22)15-11-20-10-4-3-5-16(20)19-15/h3-12H,1-2H3/t12-/m1/s1. The van der Waals surface area contributed by atoms with Gasteiger partial charge in [0.05, 0.1) is 7.11 Å². The summed E-state index contributed by atoms with van der Waals surface area (Å²) in [6.45, 7) is 1.54. The van der Waals surface area contributed by atoms with Crippen LogP contribution in [0.25, 0.3) is 5.65 Å². The molecule has 1 atom stereocenters. The molecular formula is C18H16N2O4. The summed E-state index contributed by atoms with van der Waals surface area (Å²) >= 11 is 0. The summed E-state index contributed by atoms with van der Waals surface area (Å²) in [6.07, 6.45) is 2.45. The summed E-state index contributed by atoms with van der Waals surface area (Å²) in [5.41, 5.74) is 1.25. The van der Waals surface area contributed by atoms with Gasteiger partial charge < -0.3 is 13.9 Å². The first kappa shape index (κ1) is 15.7. The lowest BCUT2D eigenvalue weighted by Crippen LogP contribution is -2.24. The number of aromatic nitrogens is 2. The lowest BCUT2D eigenvalue weighted by molar-refractivity contribution is 0.0313. The van der Waals surface area contributed by atoms with Crippen LogP contribution >= 0.6 is 0 Å². The largest absolute Gasteiger partial charge is 0.497 e. The van der Waals surface area contributed by atoms with E-state index in [0.717, 1.165) is 0 Å². The van der Waals surface area contributed by atoms with Gasteiger partial charge in [-0.2, -0.15) is 0 Å². The van der Waals surface area contributed by atoms with Gasteiger partial charge in [-0.15, -0.1) is 0 Å². The van der Waals surface area contributed by atoms with Gasteiger partial charge in [0.15, 0.2) is 11.8 Å². The van der Waals surface area contributed by atoms with E-state index in [1.54, 1.807) is 61.2 Å². The lowest BCUT2D eigenvalue weighted by atomic mass is 10.1. The minimum atomic E-state index is -0.907. The average molecular weight is 324 g/mol. The predicted molar refractivity (Wildman–Crippen MR) is 87.4 cm³/mol. The molecule has 0 spiro atoms. The van der Waals surface area contributed by atoms with E-state index >= 15 is 0 Å². The second kappa shape index (κ2) is 6.54. The molecule has 24 heavy (non-hydrogen) atoms. The van der Waals surface area contributed by atoms with Gasteiger partial charge >= 0.3 is 5.97 Å². The zero-order valence-electron chi connectivity index (χ0n) is 13.3. The number of methoxy groups -OCH3 is 1. The summed E-state index contributed by atoms with van der Waals surface area (Å²) in [4.78, 5) is 28.7. The number of imidazole rings is 1. The molecule has 2 heterocycles. The van der Waals surface area contributed by atoms with Crippen LogP contribution in [0.1, 0.15) is 27.8 Å². The molecule has 0 unspecified atom stereocenters. The molecule has 0 radical (unpaired) electrons. The van der Waals surface area contributed by atoms with Crippen molar-refractivity contribution in [1.29, 1.82) is 0 Å². The fraction of sp³-hybridized carbons (Fsp3) is 0.167. The lowest BCUT2D eigenvalue weighted by Gasteiger charge is -2.11. The quantitative estimate of drug-likeness (QED) is 0.533. The van der Waals surface area contributed by atoms with Gasteiger partial charge in [0.1, 0.15) is 11.4 Å². The van der Waals surface area contributed by atoms with Crippen LogP contribution in [0.4, 0.5) is 0 Å². The highest BCUT2D eigenvalue weighted by Crippen LogP contribution is 2.15. The Kier molecular flexibility index (Phi) is 4.29. The topological polar surface area (TPSA) is 69.9 Å². The molecule has 0 aliphatic carbocycles. The SMILES string of the molecule is COc1ccc(C(=O)[C@@H](C)OC(=O)c2cn3ccccc3n2)cc1. The molecule has 0 saturated carbocycles. The number of pyridine rings is 1. The van der Waals surface area contributed by atoms with Gasteiger partial charge in [0.25, 0.3) is 0 Å². The average Bonchev–Trinajstić information content (AvgIpc) is 3.05. The summed E-state index contributed by atoms with van der Waals surface area (Å²) in [6, 6.07) is 12.1. The van der Waals surface area contributed by atoms with Crippen molar-refractivity contribution in [2.75, 3.05) is 7.11 Å². The minimum Gasteiger partial charge on any atom is -0.497 e. The molecule has 0 aliphatic rings. The van der Waals surface area contributed by atoms with Crippen molar-refractivity contribution in [3.05, 3.63) is 66.1 Å². The maximum Gasteiger partial charge on any atom is 0.359 e. The number of ketones is 1. The molecule has 0 fully saturated rings. The number of Topliss-reactive ketones (excluding diaryl/α,β-unsaturated/α-hetero) is 1. The maximum atomic E-state index is 12.3. The van der Waals surface area contributed by atoms with Gasteiger partial charge in [0.2, 0.25) is 5.78 Å². The van der Waals surface area contributed by atoms with E-state index in [4.69, 9.17) is 9.47 Å². The molecule has 122 valence electrons. The Morgan fingerprint density at radius 3 is 2.54 bits per heavy atom. The Hall–Kier alpha value is -3.15. The Balaban J connectivity index is 1.71. The van der Waals surface area contributed by atoms with Crippen LogP contribution in [0.5, 0.6) is 5.75 Å². The number of hydrogen-bond donors (Lipinski definition) is 0. The normalized spacial score (nSPS) is 11.9. The Morgan fingerprint density at radius 2 is 1.88 bits per heavy atom. The molecule has 0 bridgehead atoms. The molecule has 6 heteroatoms. The van der Waals surface area contributed by atoms with Crippen LogP contribution in [0.2, 0.25) is 0 Å². The van der Waals surface area contributed by atoms with Crippen LogP contribution in [-0.2, 0) is 4.74 Å². The van der Waals surface area contributed by atoms with Gasteiger partial charge in [-0.05, 0) is 43.3 Å². The molecule has 1 aromatic carbocycles. The molecule has 0 aliphatic heterocycles. The zero-order chi connectivity index (χ0) is 17.1. The smallest absolute Gasteiger partial charge is 0.359 e. The molecular weight excluding hydrogens is 308 g/mol. The van der Waals surface area contributed by atoms with Crippen LogP contribution in [0.15, 0.2) is 54.9 Å². The van der Waals surface area contributed by atoms with Crippen molar-refractivity contribution in [3.8, 4) is 5.75 Å². The van der Waals surface area contributed by atoms with Crippen LogP contribution in [0, 0.1) is 0 Å². The molecule has 0 saturated heterocycles. The second-order valence-electron chi connectivity index (χ2n) is 5.23. The Bertz CT molecular complexity index is 850. The number of benzene rings is 1. The number of nitrogens with zero attached hydrogens (tertiary/aromatic N) is 2. The van der Waals surface area contributed by atoms with Crippen LogP contribution < -0.4 is 4.74 Å². The number of hydrogen-bond acceptors (Lipinski definition) is 5. The number of esters is 1.